The van der Waals surface area contributed by atoms with Crippen LogP contribution >= 0.6 is 0 Å². The fraction of sp³-hybridized carbons (Fsp3) is 0.333. The van der Waals surface area contributed by atoms with Crippen LogP contribution in [0.1, 0.15) is 6.92 Å². The number of aromatic amines is 1. The van der Waals surface area contributed by atoms with Crippen LogP contribution in [0.2, 0.25) is 0 Å². The van der Waals surface area contributed by atoms with Crippen molar-refractivity contribution in [1.29, 1.82) is 0 Å². The largest absolute Gasteiger partial charge is 0.476 e. The van der Waals surface area contributed by atoms with E-state index in [1.54, 1.807) is 0 Å². The third-order valence-electron chi connectivity index (χ3n) is 1.46. The zero-order valence-electron chi connectivity index (χ0n) is 6.98. The number of anilines is 1. The third-order valence-corrected chi connectivity index (χ3v) is 1.46. The highest BCUT2D eigenvalue weighted by molar-refractivity contribution is 5.75. The van der Waals surface area contributed by atoms with Crippen molar-refractivity contribution < 1.29 is 4.74 Å². The Balaban J connectivity index is 2.63. The number of nitrogens with one attached hydrogen (secondary N) is 1. The lowest BCUT2D eigenvalue weighted by Gasteiger charge is -2.01. The summed E-state index contributed by atoms with van der Waals surface area (Å²) in [5, 5.41) is 9.93. The zero-order valence-corrected chi connectivity index (χ0v) is 6.98. The summed E-state index contributed by atoms with van der Waals surface area (Å²) < 4.78 is 5.20. The summed E-state index contributed by atoms with van der Waals surface area (Å²) in [6.45, 7) is 2.35. The first kappa shape index (κ1) is 7.71. The Morgan fingerprint density at radius 2 is 2.31 bits per heavy atom. The van der Waals surface area contributed by atoms with Gasteiger partial charge in [-0.15, -0.1) is 5.10 Å². The quantitative estimate of drug-likeness (QED) is 0.659. The van der Waals surface area contributed by atoms with E-state index in [-0.39, 0.29) is 5.95 Å². The first-order valence-corrected chi connectivity index (χ1v) is 3.78. The lowest BCUT2D eigenvalue weighted by atomic mass is 10.5. The van der Waals surface area contributed by atoms with Gasteiger partial charge in [0.1, 0.15) is 0 Å². The van der Waals surface area contributed by atoms with Gasteiger partial charge in [0, 0.05) is 0 Å². The minimum atomic E-state index is 0.141. The molecule has 0 saturated carbocycles. The predicted octanol–water partition coefficient (Wildman–Crippen LogP) is -0.271. The van der Waals surface area contributed by atoms with Crippen LogP contribution in [0.3, 0.4) is 0 Å². The molecule has 0 atom stereocenters. The maximum absolute atomic E-state index is 5.44. The summed E-state index contributed by atoms with van der Waals surface area (Å²) in [5.74, 6) is 0.501. The fourth-order valence-corrected chi connectivity index (χ4v) is 0.979. The van der Waals surface area contributed by atoms with Gasteiger partial charge in [-0.25, -0.2) is 5.10 Å². The number of nitrogens with two attached hydrogens (primary N) is 1. The zero-order chi connectivity index (χ0) is 9.26. The first-order chi connectivity index (χ1) is 6.31. The van der Waals surface area contributed by atoms with Gasteiger partial charge in [0.2, 0.25) is 11.8 Å². The van der Waals surface area contributed by atoms with E-state index in [1.165, 1.54) is 0 Å². The number of nitrogens with zero attached hydrogens (tertiary/aromatic N) is 4. The van der Waals surface area contributed by atoms with Crippen LogP contribution in [0.5, 0.6) is 5.88 Å². The van der Waals surface area contributed by atoms with Crippen LogP contribution in [0.4, 0.5) is 5.95 Å². The Morgan fingerprint density at radius 3 is 3.08 bits per heavy atom. The van der Waals surface area contributed by atoms with Crippen LogP contribution in [0, 0.1) is 0 Å². The normalized spacial score (nSPS) is 10.5. The van der Waals surface area contributed by atoms with E-state index in [9.17, 15) is 0 Å². The van der Waals surface area contributed by atoms with Gasteiger partial charge in [-0.3, -0.25) is 0 Å². The molecule has 0 radical (unpaired) electrons. The number of ether oxygens (including phenoxy) is 1. The molecule has 0 spiro atoms. The Hall–Kier alpha value is -1.92. The van der Waals surface area contributed by atoms with Crippen LogP contribution < -0.4 is 10.5 Å². The van der Waals surface area contributed by atoms with Crippen LogP contribution in [0.15, 0.2) is 0 Å². The average Bonchev–Trinajstić information content (AvgIpc) is 2.52. The van der Waals surface area contributed by atoms with E-state index in [1.807, 2.05) is 6.92 Å². The molecule has 0 unspecified atom stereocenters. The Labute approximate surface area is 73.3 Å². The van der Waals surface area contributed by atoms with Crippen molar-refractivity contribution in [2.24, 2.45) is 0 Å². The van der Waals surface area contributed by atoms with E-state index < -0.39 is 0 Å². The topological polar surface area (TPSA) is 103 Å². The van der Waals surface area contributed by atoms with Gasteiger partial charge in [-0.2, -0.15) is 9.97 Å². The maximum Gasteiger partial charge on any atom is 0.249 e. The van der Waals surface area contributed by atoms with Crippen molar-refractivity contribution in [1.82, 2.24) is 25.4 Å². The molecule has 7 heteroatoms. The Kier molecular flexibility index (Phi) is 1.69. The molecule has 2 aromatic heterocycles. The minimum absolute atomic E-state index is 0.141. The smallest absolute Gasteiger partial charge is 0.249 e. The highest BCUT2D eigenvalue weighted by Gasteiger charge is 2.09. The third kappa shape index (κ3) is 1.24. The maximum atomic E-state index is 5.44. The number of H-pyrrole nitrogens is 1. The summed E-state index contributed by atoms with van der Waals surface area (Å²) in [6.07, 6.45) is 0. The van der Waals surface area contributed by atoms with E-state index in [0.29, 0.717) is 23.7 Å². The van der Waals surface area contributed by atoms with E-state index >= 15 is 0 Å². The van der Waals surface area contributed by atoms with Gasteiger partial charge in [-0.1, -0.05) is 5.21 Å². The van der Waals surface area contributed by atoms with Gasteiger partial charge in [0.25, 0.3) is 0 Å². The van der Waals surface area contributed by atoms with Gasteiger partial charge in [-0.05, 0) is 6.92 Å². The van der Waals surface area contributed by atoms with E-state index in [2.05, 4.69) is 25.4 Å². The molecule has 0 bridgehead atoms. The lowest BCUT2D eigenvalue weighted by Crippen LogP contribution is -2.01. The van der Waals surface area contributed by atoms with Crippen molar-refractivity contribution in [2.45, 2.75) is 6.92 Å². The molecular weight excluding hydrogens is 172 g/mol. The monoisotopic (exact) mass is 180 g/mol. The summed E-state index contributed by atoms with van der Waals surface area (Å²) in [5.41, 5.74) is 6.42. The van der Waals surface area contributed by atoms with Crippen molar-refractivity contribution in [3.05, 3.63) is 0 Å². The molecule has 2 heterocycles. The molecule has 68 valence electrons. The molecule has 2 aromatic rings. The second kappa shape index (κ2) is 2.85. The van der Waals surface area contributed by atoms with Crippen molar-refractivity contribution in [2.75, 3.05) is 12.3 Å². The summed E-state index contributed by atoms with van der Waals surface area (Å²) in [6, 6.07) is 0. The molecule has 0 aromatic carbocycles. The lowest BCUT2D eigenvalue weighted by molar-refractivity contribution is 0.330. The molecule has 13 heavy (non-hydrogen) atoms. The molecule has 3 N–H and O–H groups in total. The second-order valence-corrected chi connectivity index (χ2v) is 2.33. The van der Waals surface area contributed by atoms with Crippen molar-refractivity contribution >= 4 is 17.1 Å². The fourth-order valence-electron chi connectivity index (χ4n) is 0.979. The molecular formula is C6H8N6O. The average molecular weight is 180 g/mol. The van der Waals surface area contributed by atoms with Gasteiger partial charge < -0.3 is 10.5 Å². The summed E-state index contributed by atoms with van der Waals surface area (Å²) >= 11 is 0. The highest BCUT2D eigenvalue weighted by Crippen LogP contribution is 2.18. The van der Waals surface area contributed by atoms with Crippen LogP contribution in [0.25, 0.3) is 11.2 Å². The van der Waals surface area contributed by atoms with Crippen LogP contribution in [-0.2, 0) is 0 Å². The number of hydrogen-bond donors (Lipinski definition) is 2. The standard InChI is InChI=1S/C6H8N6O/c1-2-13-5-3-4(11-12-10-3)8-6(7)9-5/h2H2,1H3,(H3,7,8,9,10,11,12). The summed E-state index contributed by atoms with van der Waals surface area (Å²) in [7, 11) is 0. The van der Waals surface area contributed by atoms with Gasteiger partial charge in [0.15, 0.2) is 11.2 Å². The van der Waals surface area contributed by atoms with Gasteiger partial charge >= 0.3 is 0 Å². The molecule has 2 rings (SSSR count). The molecule has 0 aliphatic rings. The van der Waals surface area contributed by atoms with Crippen molar-refractivity contribution in [3.8, 4) is 5.88 Å². The molecule has 0 saturated heterocycles. The first-order valence-electron chi connectivity index (χ1n) is 3.78. The number of rotatable bonds is 2. The second-order valence-electron chi connectivity index (χ2n) is 2.33. The van der Waals surface area contributed by atoms with E-state index in [0.717, 1.165) is 0 Å². The highest BCUT2D eigenvalue weighted by atomic mass is 16.5. The minimum Gasteiger partial charge on any atom is -0.476 e. The summed E-state index contributed by atoms with van der Waals surface area (Å²) in [4.78, 5) is 7.77. The molecule has 0 aliphatic heterocycles. The Bertz CT molecular complexity index is 424. The SMILES string of the molecule is CCOc1nc(N)nc2[nH]nnc12. The van der Waals surface area contributed by atoms with Crippen LogP contribution in [-0.4, -0.2) is 32.0 Å². The number of aromatic nitrogens is 5. The molecule has 7 nitrogen and oxygen atoms in total. The number of nitrogen functional groups attached to an aromatic ring is 1. The molecule has 0 amide bonds. The number of fused-ring (bicyclic) bond motifs is 1. The predicted molar refractivity (Wildman–Crippen MR) is 45.1 cm³/mol. The van der Waals surface area contributed by atoms with Gasteiger partial charge in [0.05, 0.1) is 6.61 Å². The number of hydrogen-bond acceptors (Lipinski definition) is 6. The Morgan fingerprint density at radius 1 is 1.46 bits per heavy atom. The molecule has 0 aliphatic carbocycles. The van der Waals surface area contributed by atoms with Crippen molar-refractivity contribution in [3.63, 3.8) is 0 Å². The van der Waals surface area contributed by atoms with E-state index in [4.69, 9.17) is 10.5 Å². The molecule has 0 fully saturated rings.